The number of hydrogen-bond acceptors (Lipinski definition) is 3. The maximum absolute atomic E-state index is 3.57. The SMILES string of the molecule is CN1C[C@@H]2CN(Cc3cccc4c3NCC4)C[C@@H]2C1.Cl. The van der Waals surface area contributed by atoms with E-state index in [1.807, 2.05) is 0 Å². The van der Waals surface area contributed by atoms with Crippen LogP contribution in [0.2, 0.25) is 0 Å². The molecule has 4 rings (SSSR count). The maximum atomic E-state index is 3.57. The average Bonchev–Trinajstić information content (AvgIpc) is 3.03. The van der Waals surface area contributed by atoms with E-state index in [1.54, 1.807) is 0 Å². The van der Waals surface area contributed by atoms with Gasteiger partial charge in [-0.05, 0) is 36.4 Å². The minimum Gasteiger partial charge on any atom is -0.384 e. The maximum Gasteiger partial charge on any atom is 0.0419 e. The van der Waals surface area contributed by atoms with Crippen molar-refractivity contribution < 1.29 is 0 Å². The lowest BCUT2D eigenvalue weighted by Crippen LogP contribution is -2.26. The summed E-state index contributed by atoms with van der Waals surface area (Å²) in [5.41, 5.74) is 4.44. The largest absolute Gasteiger partial charge is 0.384 e. The highest BCUT2D eigenvalue weighted by Gasteiger charge is 2.38. The molecule has 110 valence electrons. The summed E-state index contributed by atoms with van der Waals surface area (Å²) < 4.78 is 0. The Kier molecular flexibility index (Phi) is 3.93. The summed E-state index contributed by atoms with van der Waals surface area (Å²) in [7, 11) is 2.26. The summed E-state index contributed by atoms with van der Waals surface area (Å²) in [4.78, 5) is 5.16. The summed E-state index contributed by atoms with van der Waals surface area (Å²) in [6.45, 7) is 7.42. The number of halogens is 1. The predicted octanol–water partition coefficient (Wildman–Crippen LogP) is 2.07. The third kappa shape index (κ3) is 2.43. The number of rotatable bonds is 2. The summed E-state index contributed by atoms with van der Waals surface area (Å²) in [6.07, 6.45) is 1.19. The number of benzene rings is 1. The van der Waals surface area contributed by atoms with Gasteiger partial charge in [0.25, 0.3) is 0 Å². The Morgan fingerprint density at radius 1 is 1.15 bits per heavy atom. The quantitative estimate of drug-likeness (QED) is 0.901. The highest BCUT2D eigenvalue weighted by Crippen LogP contribution is 2.33. The van der Waals surface area contributed by atoms with E-state index < -0.39 is 0 Å². The zero-order valence-electron chi connectivity index (χ0n) is 12.1. The Morgan fingerprint density at radius 3 is 2.65 bits per heavy atom. The van der Waals surface area contributed by atoms with Crippen molar-refractivity contribution in [1.82, 2.24) is 9.80 Å². The zero-order valence-corrected chi connectivity index (χ0v) is 13.0. The van der Waals surface area contributed by atoms with Crippen molar-refractivity contribution in [3.05, 3.63) is 29.3 Å². The molecule has 1 N–H and O–H groups in total. The molecule has 0 amide bonds. The van der Waals surface area contributed by atoms with E-state index in [-0.39, 0.29) is 12.4 Å². The van der Waals surface area contributed by atoms with E-state index in [0.717, 1.165) is 24.9 Å². The lowest BCUT2D eigenvalue weighted by atomic mass is 10.0. The summed E-state index contributed by atoms with van der Waals surface area (Å²) in [5, 5.41) is 3.57. The van der Waals surface area contributed by atoms with Crippen LogP contribution in [0.15, 0.2) is 18.2 Å². The smallest absolute Gasteiger partial charge is 0.0419 e. The van der Waals surface area contributed by atoms with Gasteiger partial charge in [-0.2, -0.15) is 0 Å². The molecule has 3 nitrogen and oxygen atoms in total. The molecule has 0 aliphatic carbocycles. The topological polar surface area (TPSA) is 18.5 Å². The van der Waals surface area contributed by atoms with Crippen molar-refractivity contribution in [2.45, 2.75) is 13.0 Å². The number of para-hydroxylation sites is 1. The van der Waals surface area contributed by atoms with Crippen LogP contribution < -0.4 is 5.32 Å². The molecule has 3 aliphatic heterocycles. The number of nitrogens with zero attached hydrogens (tertiary/aromatic N) is 2. The molecule has 20 heavy (non-hydrogen) atoms. The van der Waals surface area contributed by atoms with Gasteiger partial charge in [0, 0.05) is 45.0 Å². The first-order chi connectivity index (χ1) is 9.29. The summed E-state index contributed by atoms with van der Waals surface area (Å²) in [6, 6.07) is 6.80. The van der Waals surface area contributed by atoms with Crippen LogP contribution in [-0.2, 0) is 13.0 Å². The van der Waals surface area contributed by atoms with E-state index >= 15 is 0 Å². The van der Waals surface area contributed by atoms with Crippen molar-refractivity contribution >= 4 is 18.1 Å². The molecule has 0 spiro atoms. The second-order valence-corrected chi connectivity index (χ2v) is 6.56. The lowest BCUT2D eigenvalue weighted by molar-refractivity contribution is 0.272. The van der Waals surface area contributed by atoms with Crippen molar-refractivity contribution in [1.29, 1.82) is 0 Å². The van der Waals surface area contributed by atoms with E-state index in [0.29, 0.717) is 0 Å². The normalized spacial score (nSPS) is 28.9. The van der Waals surface area contributed by atoms with Gasteiger partial charge in [-0.15, -0.1) is 12.4 Å². The van der Waals surface area contributed by atoms with Crippen LogP contribution in [0, 0.1) is 11.8 Å². The Morgan fingerprint density at radius 2 is 1.90 bits per heavy atom. The van der Waals surface area contributed by atoms with Crippen LogP contribution in [0.25, 0.3) is 0 Å². The number of likely N-dealkylation sites (tertiary alicyclic amines) is 2. The highest BCUT2D eigenvalue weighted by atomic mass is 35.5. The molecule has 1 aromatic carbocycles. The average molecular weight is 294 g/mol. The highest BCUT2D eigenvalue weighted by molar-refractivity contribution is 5.85. The third-order valence-electron chi connectivity index (χ3n) is 5.07. The molecule has 3 aliphatic rings. The van der Waals surface area contributed by atoms with Gasteiger partial charge in [0.05, 0.1) is 0 Å². The van der Waals surface area contributed by atoms with Crippen LogP contribution in [0.1, 0.15) is 11.1 Å². The molecule has 1 aromatic rings. The van der Waals surface area contributed by atoms with Gasteiger partial charge in [-0.3, -0.25) is 4.90 Å². The Labute approximate surface area is 127 Å². The third-order valence-corrected chi connectivity index (χ3v) is 5.07. The fourth-order valence-electron chi connectivity index (χ4n) is 4.24. The number of fused-ring (bicyclic) bond motifs is 2. The van der Waals surface area contributed by atoms with Gasteiger partial charge in [0.2, 0.25) is 0 Å². The molecule has 4 heteroatoms. The first kappa shape index (κ1) is 14.2. The Hall–Kier alpha value is -0.770. The van der Waals surface area contributed by atoms with E-state index in [1.165, 1.54) is 49.4 Å². The second kappa shape index (κ2) is 5.55. The fraction of sp³-hybridized carbons (Fsp3) is 0.625. The van der Waals surface area contributed by atoms with Crippen molar-refractivity contribution in [2.75, 3.05) is 45.1 Å². The van der Waals surface area contributed by atoms with Crippen molar-refractivity contribution in [2.24, 2.45) is 11.8 Å². The first-order valence-corrected chi connectivity index (χ1v) is 7.55. The van der Waals surface area contributed by atoms with Crippen molar-refractivity contribution in [3.63, 3.8) is 0 Å². The minimum absolute atomic E-state index is 0. The van der Waals surface area contributed by atoms with Crippen molar-refractivity contribution in [3.8, 4) is 0 Å². The monoisotopic (exact) mass is 293 g/mol. The molecule has 0 radical (unpaired) electrons. The summed E-state index contributed by atoms with van der Waals surface area (Å²) >= 11 is 0. The van der Waals surface area contributed by atoms with Gasteiger partial charge in [0.1, 0.15) is 0 Å². The molecule has 0 bridgehead atoms. The predicted molar refractivity (Wildman–Crippen MR) is 85.6 cm³/mol. The number of anilines is 1. The molecule has 2 fully saturated rings. The molecule has 0 unspecified atom stereocenters. The Balaban J connectivity index is 0.00000121. The van der Waals surface area contributed by atoms with Crippen LogP contribution in [0.4, 0.5) is 5.69 Å². The Bertz CT molecular complexity index is 477. The van der Waals surface area contributed by atoms with Gasteiger partial charge in [0.15, 0.2) is 0 Å². The molecule has 0 saturated carbocycles. The lowest BCUT2D eigenvalue weighted by Gasteiger charge is -2.20. The summed E-state index contributed by atoms with van der Waals surface area (Å²) in [5.74, 6) is 1.82. The van der Waals surface area contributed by atoms with Gasteiger partial charge >= 0.3 is 0 Å². The van der Waals surface area contributed by atoms with Gasteiger partial charge in [-0.25, -0.2) is 0 Å². The second-order valence-electron chi connectivity index (χ2n) is 6.56. The minimum atomic E-state index is 0. The van der Waals surface area contributed by atoms with Crippen LogP contribution >= 0.6 is 12.4 Å². The number of hydrogen-bond donors (Lipinski definition) is 1. The van der Waals surface area contributed by atoms with E-state index in [4.69, 9.17) is 0 Å². The molecular weight excluding hydrogens is 270 g/mol. The molecule has 2 saturated heterocycles. The van der Waals surface area contributed by atoms with Crippen LogP contribution in [0.5, 0.6) is 0 Å². The fourth-order valence-corrected chi connectivity index (χ4v) is 4.24. The molecule has 0 aromatic heterocycles. The van der Waals surface area contributed by atoms with Crippen LogP contribution in [0.3, 0.4) is 0 Å². The first-order valence-electron chi connectivity index (χ1n) is 7.55. The molecule has 2 atom stereocenters. The van der Waals surface area contributed by atoms with E-state index in [2.05, 4.69) is 40.4 Å². The van der Waals surface area contributed by atoms with Gasteiger partial charge in [-0.1, -0.05) is 18.2 Å². The standard InChI is InChI=1S/C16H23N3.ClH/c1-18-7-14-10-19(11-15(14)8-18)9-13-4-2-3-12-5-6-17-16(12)13;/h2-4,14-15,17H,5-11H2,1H3;1H/t14-,15+;. The molecule has 3 heterocycles. The van der Waals surface area contributed by atoms with E-state index in [9.17, 15) is 0 Å². The van der Waals surface area contributed by atoms with Gasteiger partial charge < -0.3 is 10.2 Å². The zero-order chi connectivity index (χ0) is 12.8. The number of nitrogens with one attached hydrogen (secondary N) is 1. The molecular formula is C16H24ClN3. The van der Waals surface area contributed by atoms with Crippen LogP contribution in [-0.4, -0.2) is 49.6 Å².